The maximum Gasteiger partial charge on any atom is 0.312 e. The van der Waals surface area contributed by atoms with Gasteiger partial charge in [0.05, 0.1) is 11.8 Å². The number of ether oxygens (including phenoxy) is 2. The molecule has 1 aliphatic heterocycles. The Morgan fingerprint density at radius 2 is 2.10 bits per heavy atom. The third-order valence-corrected chi connectivity index (χ3v) is 5.66. The van der Waals surface area contributed by atoms with Gasteiger partial charge in [0.2, 0.25) is 0 Å². The van der Waals surface area contributed by atoms with Crippen LogP contribution in [0.3, 0.4) is 0 Å². The Morgan fingerprint density at radius 3 is 2.85 bits per heavy atom. The van der Waals surface area contributed by atoms with Crippen molar-refractivity contribution < 1.29 is 19.1 Å². The number of hydrogen-bond acceptors (Lipinski definition) is 4. The van der Waals surface area contributed by atoms with E-state index >= 15 is 0 Å². The Hall–Kier alpha value is -1.06. The molecule has 0 spiro atoms. The first kappa shape index (κ1) is 13.9. The first-order chi connectivity index (χ1) is 9.61. The van der Waals surface area contributed by atoms with E-state index in [-0.39, 0.29) is 36.5 Å². The number of fused-ring (bicyclic) bond motifs is 5. The summed E-state index contributed by atoms with van der Waals surface area (Å²) in [6.07, 6.45) is 5.54. The minimum absolute atomic E-state index is 0.0924. The molecule has 0 N–H and O–H groups in total. The quantitative estimate of drug-likeness (QED) is 0.743. The minimum Gasteiger partial charge on any atom is -0.465 e. The second kappa shape index (κ2) is 5.38. The molecule has 3 rings (SSSR count). The van der Waals surface area contributed by atoms with Crippen molar-refractivity contribution in [3.63, 3.8) is 0 Å². The van der Waals surface area contributed by atoms with Crippen LogP contribution in [0.5, 0.6) is 0 Å². The first-order valence-electron chi connectivity index (χ1n) is 7.99. The van der Waals surface area contributed by atoms with E-state index in [0.717, 1.165) is 12.8 Å². The minimum atomic E-state index is -0.229. The van der Waals surface area contributed by atoms with Gasteiger partial charge in [0.1, 0.15) is 12.7 Å². The van der Waals surface area contributed by atoms with Crippen LogP contribution in [-0.4, -0.2) is 24.6 Å². The largest absolute Gasteiger partial charge is 0.465 e. The van der Waals surface area contributed by atoms with Crippen LogP contribution in [0.1, 0.15) is 46.0 Å². The summed E-state index contributed by atoms with van der Waals surface area (Å²) in [7, 11) is 0. The Bertz CT molecular complexity index is 405. The van der Waals surface area contributed by atoms with Crippen LogP contribution in [-0.2, 0) is 19.1 Å². The molecule has 0 aromatic rings. The van der Waals surface area contributed by atoms with Crippen LogP contribution < -0.4 is 0 Å². The molecular formula is C16H24O4. The van der Waals surface area contributed by atoms with Crippen molar-refractivity contribution >= 4 is 11.9 Å². The summed E-state index contributed by atoms with van der Waals surface area (Å²) in [5, 5.41) is 0. The zero-order chi connectivity index (χ0) is 14.3. The second-order valence-corrected chi connectivity index (χ2v) is 6.68. The summed E-state index contributed by atoms with van der Waals surface area (Å²) < 4.78 is 11.0. The Labute approximate surface area is 120 Å². The molecule has 0 amide bonds. The Balaban J connectivity index is 1.64. The van der Waals surface area contributed by atoms with Crippen molar-refractivity contribution in [2.45, 2.75) is 52.1 Å². The SMILES string of the molecule is CCC(C)C(=O)OCC1C(=O)OC2CC1C1CCCC21. The molecule has 3 aliphatic rings. The van der Waals surface area contributed by atoms with Crippen molar-refractivity contribution in [1.29, 1.82) is 0 Å². The zero-order valence-electron chi connectivity index (χ0n) is 12.3. The number of hydrogen-bond donors (Lipinski definition) is 0. The van der Waals surface area contributed by atoms with E-state index in [2.05, 4.69) is 0 Å². The maximum absolute atomic E-state index is 12.1. The topological polar surface area (TPSA) is 52.6 Å². The van der Waals surface area contributed by atoms with E-state index in [1.54, 1.807) is 0 Å². The molecule has 6 unspecified atom stereocenters. The van der Waals surface area contributed by atoms with Crippen LogP contribution in [0.15, 0.2) is 0 Å². The third kappa shape index (κ3) is 2.23. The highest BCUT2D eigenvalue weighted by Gasteiger charge is 2.55. The number of rotatable bonds is 4. The van der Waals surface area contributed by atoms with Gasteiger partial charge in [0.25, 0.3) is 0 Å². The highest BCUT2D eigenvalue weighted by Crippen LogP contribution is 2.54. The van der Waals surface area contributed by atoms with Gasteiger partial charge in [0, 0.05) is 0 Å². The lowest BCUT2D eigenvalue weighted by atomic mass is 9.82. The molecule has 4 nitrogen and oxygen atoms in total. The number of carbonyl (C=O) groups is 2. The highest BCUT2D eigenvalue weighted by atomic mass is 16.6. The molecule has 4 heteroatoms. The number of carbonyl (C=O) groups excluding carboxylic acids is 2. The van der Waals surface area contributed by atoms with Gasteiger partial charge >= 0.3 is 11.9 Å². The van der Waals surface area contributed by atoms with E-state index in [1.807, 2.05) is 13.8 Å². The van der Waals surface area contributed by atoms with E-state index in [1.165, 1.54) is 19.3 Å². The summed E-state index contributed by atoms with van der Waals surface area (Å²) in [6, 6.07) is 0. The van der Waals surface area contributed by atoms with Gasteiger partial charge in [-0.3, -0.25) is 9.59 Å². The van der Waals surface area contributed by atoms with Gasteiger partial charge in [-0.2, -0.15) is 0 Å². The molecule has 20 heavy (non-hydrogen) atoms. The fraction of sp³-hybridized carbons (Fsp3) is 0.875. The van der Waals surface area contributed by atoms with E-state index in [9.17, 15) is 9.59 Å². The lowest BCUT2D eigenvalue weighted by Crippen LogP contribution is -2.37. The molecule has 2 bridgehead atoms. The Kier molecular flexibility index (Phi) is 3.74. The van der Waals surface area contributed by atoms with Gasteiger partial charge in [-0.25, -0.2) is 0 Å². The van der Waals surface area contributed by atoms with Crippen molar-refractivity contribution in [2.24, 2.45) is 29.6 Å². The summed E-state index contributed by atoms with van der Waals surface area (Å²) in [5.41, 5.74) is 0. The van der Waals surface area contributed by atoms with Gasteiger partial charge in [0.15, 0.2) is 0 Å². The van der Waals surface area contributed by atoms with Crippen molar-refractivity contribution in [2.75, 3.05) is 6.61 Å². The third-order valence-electron chi connectivity index (χ3n) is 5.66. The molecule has 2 saturated carbocycles. The van der Waals surface area contributed by atoms with E-state index in [4.69, 9.17) is 9.47 Å². The fourth-order valence-electron chi connectivity index (χ4n) is 4.31. The Morgan fingerprint density at radius 1 is 1.35 bits per heavy atom. The van der Waals surface area contributed by atoms with E-state index < -0.39 is 0 Å². The maximum atomic E-state index is 12.1. The molecule has 1 heterocycles. The van der Waals surface area contributed by atoms with Gasteiger partial charge < -0.3 is 9.47 Å². The van der Waals surface area contributed by atoms with Crippen LogP contribution in [0.25, 0.3) is 0 Å². The lowest BCUT2D eigenvalue weighted by Gasteiger charge is -2.29. The normalized spacial score (nSPS) is 40.1. The fourth-order valence-corrected chi connectivity index (χ4v) is 4.31. The van der Waals surface area contributed by atoms with Crippen molar-refractivity contribution in [3.05, 3.63) is 0 Å². The van der Waals surface area contributed by atoms with Crippen LogP contribution in [0, 0.1) is 29.6 Å². The van der Waals surface area contributed by atoms with Crippen LogP contribution >= 0.6 is 0 Å². The van der Waals surface area contributed by atoms with Gasteiger partial charge in [-0.15, -0.1) is 0 Å². The second-order valence-electron chi connectivity index (χ2n) is 6.68. The summed E-state index contributed by atoms with van der Waals surface area (Å²) in [5.74, 6) is 0.898. The van der Waals surface area contributed by atoms with Gasteiger partial charge in [-0.1, -0.05) is 20.3 Å². The van der Waals surface area contributed by atoms with Crippen LogP contribution in [0.4, 0.5) is 0 Å². The molecule has 0 aromatic heterocycles. The molecule has 6 atom stereocenters. The zero-order valence-corrected chi connectivity index (χ0v) is 12.3. The summed E-state index contributed by atoms with van der Waals surface area (Å²) in [6.45, 7) is 4.04. The molecule has 0 radical (unpaired) electrons. The summed E-state index contributed by atoms with van der Waals surface area (Å²) in [4.78, 5) is 23.9. The lowest BCUT2D eigenvalue weighted by molar-refractivity contribution is -0.168. The van der Waals surface area contributed by atoms with Crippen LogP contribution in [0.2, 0.25) is 0 Å². The molecule has 0 aromatic carbocycles. The predicted molar refractivity (Wildman–Crippen MR) is 72.7 cm³/mol. The first-order valence-corrected chi connectivity index (χ1v) is 7.99. The monoisotopic (exact) mass is 280 g/mol. The molecular weight excluding hydrogens is 256 g/mol. The average Bonchev–Trinajstić information content (AvgIpc) is 3.01. The summed E-state index contributed by atoms with van der Waals surface area (Å²) >= 11 is 0. The smallest absolute Gasteiger partial charge is 0.312 e. The molecule has 3 fully saturated rings. The molecule has 112 valence electrons. The van der Waals surface area contributed by atoms with E-state index in [0.29, 0.717) is 17.8 Å². The standard InChI is InChI=1S/C16H24O4/c1-3-9(2)15(17)19-8-13-12-7-14(20-16(13)18)11-6-4-5-10(11)12/h9-14H,3-8H2,1-2H3. The molecule has 2 aliphatic carbocycles. The number of esters is 2. The predicted octanol–water partition coefficient (Wildman–Crippen LogP) is 2.55. The van der Waals surface area contributed by atoms with Crippen molar-refractivity contribution in [3.8, 4) is 0 Å². The average molecular weight is 280 g/mol. The van der Waals surface area contributed by atoms with Gasteiger partial charge in [-0.05, 0) is 43.4 Å². The van der Waals surface area contributed by atoms with Crippen molar-refractivity contribution in [1.82, 2.24) is 0 Å². The molecule has 1 saturated heterocycles. The highest BCUT2D eigenvalue weighted by molar-refractivity contribution is 5.76.